The summed E-state index contributed by atoms with van der Waals surface area (Å²) >= 11 is 0. The van der Waals surface area contributed by atoms with Crippen LogP contribution in [0.25, 0.3) is 0 Å². The first-order chi connectivity index (χ1) is 9.12. The zero-order chi connectivity index (χ0) is 14.3. The topological polar surface area (TPSA) is 72.9 Å². The van der Waals surface area contributed by atoms with Crippen molar-refractivity contribution in [1.82, 2.24) is 15.1 Å². The second-order valence-corrected chi connectivity index (χ2v) is 4.94. The predicted octanol–water partition coefficient (Wildman–Crippen LogP) is 1.48. The highest BCUT2D eigenvalue weighted by molar-refractivity contribution is 5.92. The largest absolute Gasteiger partial charge is 0.350 e. The normalized spacial score (nSPS) is 12.4. The minimum absolute atomic E-state index is 0.0483. The van der Waals surface area contributed by atoms with E-state index in [0.29, 0.717) is 24.7 Å². The number of carbonyl (C=O) groups is 1. The fraction of sp³-hybridized carbons (Fsp3) is 0.714. The summed E-state index contributed by atoms with van der Waals surface area (Å²) in [7, 11) is 1.80. The molecule has 1 rings (SSSR count). The number of hydrogen-bond donors (Lipinski definition) is 2. The number of carbonyl (C=O) groups excluding carboxylic acids is 1. The van der Waals surface area contributed by atoms with Crippen LogP contribution in [0.4, 0.5) is 0 Å². The van der Waals surface area contributed by atoms with Gasteiger partial charge in [0.25, 0.3) is 5.91 Å². The lowest BCUT2D eigenvalue weighted by molar-refractivity contribution is 0.0936. The van der Waals surface area contributed by atoms with E-state index in [0.717, 1.165) is 31.4 Å². The average Bonchev–Trinajstić information content (AvgIpc) is 2.77. The maximum Gasteiger partial charge on any atom is 0.269 e. The lowest BCUT2D eigenvalue weighted by atomic mass is 10.00. The number of hydrogen-bond acceptors (Lipinski definition) is 3. The van der Waals surface area contributed by atoms with Crippen molar-refractivity contribution < 1.29 is 4.79 Å². The molecule has 1 heterocycles. The Morgan fingerprint density at radius 3 is 2.74 bits per heavy atom. The van der Waals surface area contributed by atoms with Gasteiger partial charge in [-0.3, -0.25) is 9.48 Å². The molecule has 1 atom stereocenters. The molecule has 0 saturated carbocycles. The average molecular weight is 266 g/mol. The van der Waals surface area contributed by atoms with Gasteiger partial charge in [-0.25, -0.2) is 0 Å². The van der Waals surface area contributed by atoms with Gasteiger partial charge < -0.3 is 11.1 Å². The van der Waals surface area contributed by atoms with Crippen molar-refractivity contribution in [1.29, 1.82) is 0 Å². The van der Waals surface area contributed by atoms with Crippen LogP contribution in [0.2, 0.25) is 0 Å². The highest BCUT2D eigenvalue weighted by atomic mass is 16.2. The van der Waals surface area contributed by atoms with Crippen molar-refractivity contribution in [3.05, 3.63) is 17.5 Å². The van der Waals surface area contributed by atoms with Gasteiger partial charge in [0.1, 0.15) is 5.69 Å². The third-order valence-corrected chi connectivity index (χ3v) is 3.35. The van der Waals surface area contributed by atoms with Crippen LogP contribution in [0, 0.1) is 5.92 Å². The van der Waals surface area contributed by atoms with Crippen molar-refractivity contribution >= 4 is 5.91 Å². The summed E-state index contributed by atoms with van der Waals surface area (Å²) in [5.74, 6) is 0.422. The molecule has 0 aliphatic rings. The molecule has 3 N–H and O–H groups in total. The second-order valence-electron chi connectivity index (χ2n) is 4.94. The van der Waals surface area contributed by atoms with Crippen molar-refractivity contribution in [2.24, 2.45) is 18.7 Å². The summed E-state index contributed by atoms with van der Waals surface area (Å²) in [6.07, 6.45) is 4.02. The first-order valence-corrected chi connectivity index (χ1v) is 7.13. The Hall–Kier alpha value is -1.36. The van der Waals surface area contributed by atoms with Crippen molar-refractivity contribution in [3.8, 4) is 0 Å². The fourth-order valence-electron chi connectivity index (χ4n) is 2.23. The molecule has 1 amide bonds. The van der Waals surface area contributed by atoms with Crippen LogP contribution in [0.3, 0.4) is 0 Å². The molecule has 5 heteroatoms. The summed E-state index contributed by atoms with van der Waals surface area (Å²) < 4.78 is 1.64. The van der Waals surface area contributed by atoms with E-state index in [-0.39, 0.29) is 5.91 Å². The van der Waals surface area contributed by atoms with Crippen LogP contribution < -0.4 is 11.1 Å². The molecule has 108 valence electrons. The van der Waals surface area contributed by atoms with Gasteiger partial charge in [0, 0.05) is 13.6 Å². The van der Waals surface area contributed by atoms with Crippen LogP contribution in [-0.4, -0.2) is 28.8 Å². The molecule has 5 nitrogen and oxygen atoms in total. The first kappa shape index (κ1) is 15.7. The lowest BCUT2D eigenvalue weighted by Crippen LogP contribution is -2.31. The van der Waals surface area contributed by atoms with Gasteiger partial charge in [-0.2, -0.15) is 5.10 Å². The third-order valence-electron chi connectivity index (χ3n) is 3.35. The standard InChI is InChI=1S/C14H26N4O/c1-4-6-11(7-8-15)10-16-14(19)13-9-12(5-2)17-18(13)3/h9,11H,4-8,10,15H2,1-3H3,(H,16,19). The smallest absolute Gasteiger partial charge is 0.269 e. The minimum Gasteiger partial charge on any atom is -0.350 e. The van der Waals surface area contributed by atoms with Crippen LogP contribution in [-0.2, 0) is 13.5 Å². The molecule has 1 unspecified atom stereocenters. The highest BCUT2D eigenvalue weighted by Crippen LogP contribution is 2.10. The van der Waals surface area contributed by atoms with Crippen molar-refractivity contribution in [2.45, 2.75) is 39.5 Å². The minimum atomic E-state index is -0.0483. The van der Waals surface area contributed by atoms with Gasteiger partial charge in [-0.05, 0) is 37.8 Å². The quantitative estimate of drug-likeness (QED) is 0.748. The molecule has 0 radical (unpaired) electrons. The number of amides is 1. The maximum absolute atomic E-state index is 12.1. The number of rotatable bonds is 8. The summed E-state index contributed by atoms with van der Waals surface area (Å²) in [5.41, 5.74) is 7.16. The molecule has 0 fully saturated rings. The zero-order valence-corrected chi connectivity index (χ0v) is 12.3. The Kier molecular flexibility index (Phi) is 6.56. The molecule has 0 saturated heterocycles. The van der Waals surface area contributed by atoms with E-state index < -0.39 is 0 Å². The zero-order valence-electron chi connectivity index (χ0n) is 12.3. The first-order valence-electron chi connectivity index (χ1n) is 7.13. The molecule has 0 aliphatic carbocycles. The van der Waals surface area contributed by atoms with Crippen LogP contribution >= 0.6 is 0 Å². The molecule has 1 aromatic rings. The predicted molar refractivity (Wildman–Crippen MR) is 77.0 cm³/mol. The molecule has 0 spiro atoms. The van der Waals surface area contributed by atoms with Gasteiger partial charge in [-0.15, -0.1) is 0 Å². The lowest BCUT2D eigenvalue weighted by Gasteiger charge is -2.15. The van der Waals surface area contributed by atoms with E-state index in [1.807, 2.05) is 13.0 Å². The third kappa shape index (κ3) is 4.67. The van der Waals surface area contributed by atoms with Crippen LogP contribution in [0.5, 0.6) is 0 Å². The van der Waals surface area contributed by atoms with Gasteiger partial charge in [0.15, 0.2) is 0 Å². The Labute approximate surface area is 115 Å². The van der Waals surface area contributed by atoms with Crippen LogP contribution in [0.15, 0.2) is 6.07 Å². The molecule has 19 heavy (non-hydrogen) atoms. The monoisotopic (exact) mass is 266 g/mol. The maximum atomic E-state index is 12.1. The SMILES string of the molecule is CCCC(CCN)CNC(=O)c1cc(CC)nn1C. The Bertz CT molecular complexity index is 394. The van der Waals surface area contributed by atoms with Gasteiger partial charge in [0.2, 0.25) is 0 Å². The summed E-state index contributed by atoms with van der Waals surface area (Å²) in [6.45, 7) is 5.55. The second kappa shape index (κ2) is 7.94. The fourth-order valence-corrected chi connectivity index (χ4v) is 2.23. The number of nitrogens with two attached hydrogens (primary N) is 1. The molecular formula is C14H26N4O. The van der Waals surface area contributed by atoms with Crippen molar-refractivity contribution in [3.63, 3.8) is 0 Å². The number of aryl methyl sites for hydroxylation is 2. The number of nitrogens with zero attached hydrogens (tertiary/aromatic N) is 2. The highest BCUT2D eigenvalue weighted by Gasteiger charge is 2.14. The summed E-state index contributed by atoms with van der Waals surface area (Å²) in [5, 5.41) is 7.28. The van der Waals surface area contributed by atoms with Crippen LogP contribution in [0.1, 0.15) is 49.3 Å². The number of aromatic nitrogens is 2. The molecule has 0 aliphatic heterocycles. The summed E-state index contributed by atoms with van der Waals surface area (Å²) in [4.78, 5) is 12.1. The van der Waals surface area contributed by atoms with E-state index in [1.54, 1.807) is 11.7 Å². The number of nitrogens with one attached hydrogen (secondary N) is 1. The molecule has 1 aromatic heterocycles. The van der Waals surface area contributed by atoms with E-state index in [9.17, 15) is 4.79 Å². The Balaban J connectivity index is 2.55. The van der Waals surface area contributed by atoms with Gasteiger partial charge in [0.05, 0.1) is 5.69 Å². The van der Waals surface area contributed by atoms with E-state index in [2.05, 4.69) is 17.3 Å². The Morgan fingerprint density at radius 2 is 2.21 bits per heavy atom. The molecular weight excluding hydrogens is 240 g/mol. The molecule has 0 aromatic carbocycles. The van der Waals surface area contributed by atoms with E-state index >= 15 is 0 Å². The van der Waals surface area contributed by atoms with E-state index in [1.165, 1.54) is 0 Å². The molecule has 0 bridgehead atoms. The Morgan fingerprint density at radius 1 is 1.47 bits per heavy atom. The van der Waals surface area contributed by atoms with E-state index in [4.69, 9.17) is 5.73 Å². The van der Waals surface area contributed by atoms with Gasteiger partial charge in [-0.1, -0.05) is 20.3 Å². The van der Waals surface area contributed by atoms with Gasteiger partial charge >= 0.3 is 0 Å². The summed E-state index contributed by atoms with van der Waals surface area (Å²) in [6, 6.07) is 1.85. The van der Waals surface area contributed by atoms with Crippen molar-refractivity contribution in [2.75, 3.05) is 13.1 Å².